The van der Waals surface area contributed by atoms with E-state index in [9.17, 15) is 23.1 Å². The van der Waals surface area contributed by atoms with Crippen LogP contribution < -0.4 is 0 Å². The van der Waals surface area contributed by atoms with Crippen molar-refractivity contribution >= 4 is 5.78 Å². The molecule has 0 radical (unpaired) electrons. The average Bonchev–Trinajstić information content (AvgIpc) is 2.55. The molecule has 0 aromatic heterocycles. The molecule has 1 N–H and O–H groups in total. The van der Waals surface area contributed by atoms with Gasteiger partial charge in [0.15, 0.2) is 11.4 Å². The number of halogens is 3. The highest BCUT2D eigenvalue weighted by molar-refractivity contribution is 6.04. The molecule has 2 nitrogen and oxygen atoms in total. The molecule has 1 atom stereocenters. The Morgan fingerprint density at radius 1 is 0.957 bits per heavy atom. The Kier molecular flexibility index (Phi) is 5.01. The van der Waals surface area contributed by atoms with E-state index in [2.05, 4.69) is 0 Å². The lowest BCUT2D eigenvalue weighted by Gasteiger charge is -2.30. The minimum atomic E-state index is -4.85. The van der Waals surface area contributed by atoms with Crippen LogP contribution in [0.15, 0.2) is 72.8 Å². The Balaban J connectivity index is 2.20. The first-order chi connectivity index (χ1) is 10.8. The largest absolute Gasteiger partial charge is 0.421 e. The minimum Gasteiger partial charge on any atom is -0.376 e. The summed E-state index contributed by atoms with van der Waals surface area (Å²) in [5, 5.41) is 10.1. The van der Waals surface area contributed by atoms with Crippen LogP contribution in [0.4, 0.5) is 13.2 Å². The fraction of sp³-hybridized carbons (Fsp3) is 0.167. The summed E-state index contributed by atoms with van der Waals surface area (Å²) < 4.78 is 39.8. The summed E-state index contributed by atoms with van der Waals surface area (Å²) in [5.41, 5.74) is -2.91. The first-order valence-electron chi connectivity index (χ1n) is 6.95. The van der Waals surface area contributed by atoms with Crippen molar-refractivity contribution in [2.45, 2.75) is 18.2 Å². The van der Waals surface area contributed by atoms with E-state index >= 15 is 0 Å². The lowest BCUT2D eigenvalue weighted by molar-refractivity contribution is -0.265. The Morgan fingerprint density at radius 3 is 2.00 bits per heavy atom. The van der Waals surface area contributed by atoms with E-state index in [1.807, 2.05) is 0 Å². The van der Waals surface area contributed by atoms with Crippen LogP contribution in [0.1, 0.15) is 22.3 Å². The minimum absolute atomic E-state index is 0.260. The van der Waals surface area contributed by atoms with Gasteiger partial charge in [0.25, 0.3) is 0 Å². The molecule has 0 spiro atoms. The average molecular weight is 320 g/mol. The fourth-order valence-electron chi connectivity index (χ4n) is 2.15. The molecule has 2 rings (SSSR count). The molecule has 0 aliphatic carbocycles. The number of hydrogen-bond acceptors (Lipinski definition) is 2. The Bertz CT molecular complexity index is 678. The Hall–Kier alpha value is -2.40. The summed E-state index contributed by atoms with van der Waals surface area (Å²) in [6, 6.07) is 15.0. The van der Waals surface area contributed by atoms with Crippen molar-refractivity contribution in [2.24, 2.45) is 0 Å². The van der Waals surface area contributed by atoms with Gasteiger partial charge in [-0.05, 0) is 11.6 Å². The van der Waals surface area contributed by atoms with Gasteiger partial charge in [0.2, 0.25) is 0 Å². The van der Waals surface area contributed by atoms with Gasteiger partial charge in [-0.1, -0.05) is 66.7 Å². The zero-order valence-electron chi connectivity index (χ0n) is 12.1. The molecule has 2 aromatic carbocycles. The highest BCUT2D eigenvalue weighted by Crippen LogP contribution is 2.41. The molecule has 0 saturated heterocycles. The van der Waals surface area contributed by atoms with Gasteiger partial charge in [-0.3, -0.25) is 4.79 Å². The molecule has 0 unspecified atom stereocenters. The molecule has 120 valence electrons. The van der Waals surface area contributed by atoms with Crippen molar-refractivity contribution in [3.8, 4) is 0 Å². The van der Waals surface area contributed by atoms with Crippen LogP contribution in [0, 0.1) is 0 Å². The van der Waals surface area contributed by atoms with Crippen LogP contribution >= 0.6 is 0 Å². The number of allylic oxidation sites excluding steroid dienone is 1. The summed E-state index contributed by atoms with van der Waals surface area (Å²) >= 11 is 0. The third-order valence-electron chi connectivity index (χ3n) is 3.46. The lowest BCUT2D eigenvalue weighted by atomic mass is 9.89. The zero-order valence-corrected chi connectivity index (χ0v) is 12.1. The number of hydrogen-bond donors (Lipinski definition) is 1. The van der Waals surface area contributed by atoms with Crippen LogP contribution in [-0.4, -0.2) is 17.1 Å². The van der Waals surface area contributed by atoms with Gasteiger partial charge < -0.3 is 5.11 Å². The normalized spacial score (nSPS) is 14.6. The number of aliphatic hydroxyl groups is 1. The standard InChI is InChI=1S/C18H15F3O2/c19-18(20,21)17(23,15-10-5-2-6-11-15)13-7-12-16(22)14-8-3-1-4-9-14/h1-12,23H,13H2/b12-7+/t17-/m0/s1. The Morgan fingerprint density at radius 2 is 1.48 bits per heavy atom. The Labute approximate surface area is 131 Å². The summed E-state index contributed by atoms with van der Waals surface area (Å²) in [7, 11) is 0. The predicted molar refractivity (Wildman–Crippen MR) is 80.9 cm³/mol. The molecular weight excluding hydrogens is 305 g/mol. The fourth-order valence-corrected chi connectivity index (χ4v) is 2.15. The van der Waals surface area contributed by atoms with E-state index in [1.54, 1.807) is 36.4 Å². The van der Waals surface area contributed by atoms with E-state index in [1.165, 1.54) is 24.3 Å². The summed E-state index contributed by atoms with van der Waals surface area (Å²) in [6.45, 7) is 0. The monoisotopic (exact) mass is 320 g/mol. The second-order valence-electron chi connectivity index (χ2n) is 5.06. The maximum Gasteiger partial charge on any atom is 0.421 e. The molecular formula is C18H15F3O2. The first-order valence-corrected chi connectivity index (χ1v) is 6.95. The molecule has 5 heteroatoms. The van der Waals surface area contributed by atoms with Crippen LogP contribution in [0.25, 0.3) is 0 Å². The quantitative estimate of drug-likeness (QED) is 0.660. The molecule has 0 aliphatic rings. The van der Waals surface area contributed by atoms with Crippen LogP contribution in [0.2, 0.25) is 0 Å². The number of rotatable bonds is 5. The van der Waals surface area contributed by atoms with E-state index in [4.69, 9.17) is 0 Å². The van der Waals surface area contributed by atoms with Crippen molar-refractivity contribution in [1.29, 1.82) is 0 Å². The number of ketones is 1. The van der Waals surface area contributed by atoms with Crippen molar-refractivity contribution < 1.29 is 23.1 Å². The third-order valence-corrected chi connectivity index (χ3v) is 3.46. The van der Waals surface area contributed by atoms with Gasteiger partial charge in [-0.25, -0.2) is 0 Å². The molecule has 0 saturated carbocycles. The predicted octanol–water partition coefficient (Wildman–Crippen LogP) is 4.27. The van der Waals surface area contributed by atoms with Crippen molar-refractivity contribution in [2.75, 3.05) is 0 Å². The number of carbonyl (C=O) groups is 1. The molecule has 0 heterocycles. The molecule has 0 amide bonds. The van der Waals surface area contributed by atoms with Crippen LogP contribution in [0.3, 0.4) is 0 Å². The molecule has 23 heavy (non-hydrogen) atoms. The van der Waals surface area contributed by atoms with Crippen molar-refractivity contribution in [3.05, 3.63) is 83.9 Å². The summed E-state index contributed by atoms with van der Waals surface area (Å²) in [5.74, 6) is -0.414. The van der Waals surface area contributed by atoms with Gasteiger partial charge in [-0.15, -0.1) is 0 Å². The number of carbonyl (C=O) groups excluding carboxylic acids is 1. The van der Waals surface area contributed by atoms with Crippen LogP contribution in [-0.2, 0) is 5.60 Å². The topological polar surface area (TPSA) is 37.3 Å². The molecule has 0 aliphatic heterocycles. The SMILES string of the molecule is O=C(/C=C/C[C@](O)(c1ccccc1)C(F)(F)F)c1ccccc1. The third kappa shape index (κ3) is 3.87. The lowest BCUT2D eigenvalue weighted by Crippen LogP contribution is -2.41. The second kappa shape index (κ2) is 6.79. The maximum atomic E-state index is 13.3. The first kappa shape index (κ1) is 17.0. The second-order valence-corrected chi connectivity index (χ2v) is 5.06. The summed E-state index contributed by atoms with van der Waals surface area (Å²) in [6.07, 6.45) is -3.49. The highest BCUT2D eigenvalue weighted by atomic mass is 19.4. The van der Waals surface area contributed by atoms with Crippen LogP contribution in [0.5, 0.6) is 0 Å². The van der Waals surface area contributed by atoms with E-state index in [0.29, 0.717) is 5.56 Å². The molecule has 0 bridgehead atoms. The van der Waals surface area contributed by atoms with E-state index in [0.717, 1.165) is 12.2 Å². The van der Waals surface area contributed by atoms with E-state index in [-0.39, 0.29) is 5.56 Å². The van der Waals surface area contributed by atoms with Crippen molar-refractivity contribution in [1.82, 2.24) is 0 Å². The van der Waals surface area contributed by atoms with Crippen molar-refractivity contribution in [3.63, 3.8) is 0 Å². The van der Waals surface area contributed by atoms with E-state index < -0.39 is 24.0 Å². The zero-order chi connectivity index (χ0) is 16.9. The maximum absolute atomic E-state index is 13.3. The molecule has 0 fully saturated rings. The number of alkyl halides is 3. The number of benzene rings is 2. The highest BCUT2D eigenvalue weighted by Gasteiger charge is 2.53. The van der Waals surface area contributed by atoms with Gasteiger partial charge in [0, 0.05) is 12.0 Å². The smallest absolute Gasteiger partial charge is 0.376 e. The van der Waals surface area contributed by atoms with Gasteiger partial charge in [0.1, 0.15) is 0 Å². The van der Waals surface area contributed by atoms with Gasteiger partial charge in [-0.2, -0.15) is 13.2 Å². The van der Waals surface area contributed by atoms with Gasteiger partial charge >= 0.3 is 6.18 Å². The molecule has 2 aromatic rings. The van der Waals surface area contributed by atoms with Gasteiger partial charge in [0.05, 0.1) is 0 Å². The summed E-state index contributed by atoms with van der Waals surface area (Å²) in [4.78, 5) is 11.9.